The third kappa shape index (κ3) is 4.69. The maximum Gasteiger partial charge on any atom is 0.179 e. The van der Waals surface area contributed by atoms with Gasteiger partial charge in [0.2, 0.25) is 0 Å². The highest BCUT2D eigenvalue weighted by atomic mass is 19.1. The van der Waals surface area contributed by atoms with Crippen LogP contribution in [-0.4, -0.2) is 22.0 Å². The quantitative estimate of drug-likeness (QED) is 0.749. The molecule has 138 valence electrons. The lowest BCUT2D eigenvalue weighted by Gasteiger charge is -2.40. The average Bonchev–Trinajstić information content (AvgIpc) is 2.90. The molecule has 3 nitrogen and oxygen atoms in total. The molecule has 0 spiro atoms. The lowest BCUT2D eigenvalue weighted by atomic mass is 9.67. The third-order valence-electron chi connectivity index (χ3n) is 4.85. The van der Waals surface area contributed by atoms with E-state index < -0.39 is 11.9 Å². The second kappa shape index (κ2) is 6.91. The summed E-state index contributed by atoms with van der Waals surface area (Å²) in [4.78, 5) is 14.9. The summed E-state index contributed by atoms with van der Waals surface area (Å²) in [6, 6.07) is 1.23. The minimum atomic E-state index is -0.517. The van der Waals surface area contributed by atoms with Crippen LogP contribution in [0.25, 0.3) is 0 Å². The molecule has 1 heterocycles. The number of aromatic nitrogens is 1. The highest BCUT2D eigenvalue weighted by Crippen LogP contribution is 2.43. The Kier molecular flexibility index (Phi) is 5.43. The molecule has 0 aromatic carbocycles. The SMILES string of the molecule is CC(C)(C)C1=CC(CCC(=O)c2cc(F)c[nH]2)=CC(C(C)(C)C)C1O. The van der Waals surface area contributed by atoms with Crippen molar-refractivity contribution in [1.29, 1.82) is 0 Å². The molecule has 2 N–H and O–H groups in total. The van der Waals surface area contributed by atoms with E-state index in [2.05, 4.69) is 52.6 Å². The van der Waals surface area contributed by atoms with Crippen molar-refractivity contribution >= 4 is 5.78 Å². The Morgan fingerprint density at radius 1 is 1.24 bits per heavy atom. The fourth-order valence-corrected chi connectivity index (χ4v) is 3.31. The van der Waals surface area contributed by atoms with Gasteiger partial charge in [0.05, 0.1) is 11.8 Å². The summed E-state index contributed by atoms with van der Waals surface area (Å²) in [7, 11) is 0. The summed E-state index contributed by atoms with van der Waals surface area (Å²) in [6.45, 7) is 12.6. The van der Waals surface area contributed by atoms with Gasteiger partial charge in [-0.25, -0.2) is 4.39 Å². The van der Waals surface area contributed by atoms with E-state index >= 15 is 0 Å². The molecule has 1 aliphatic carbocycles. The molecule has 4 heteroatoms. The van der Waals surface area contributed by atoms with Crippen LogP contribution < -0.4 is 0 Å². The molecule has 1 aromatic heterocycles. The number of Topliss-reactive ketones (excluding diaryl/α,β-unsaturated/α-hetero) is 1. The molecule has 0 fully saturated rings. The first-order valence-electron chi connectivity index (χ1n) is 8.87. The molecule has 0 saturated carbocycles. The molecule has 0 amide bonds. The molecule has 0 aliphatic heterocycles. The minimum Gasteiger partial charge on any atom is -0.388 e. The first-order chi connectivity index (χ1) is 11.4. The minimum absolute atomic E-state index is 0.000223. The number of carbonyl (C=O) groups excluding carboxylic acids is 1. The Morgan fingerprint density at radius 3 is 2.36 bits per heavy atom. The maximum atomic E-state index is 13.1. The number of hydrogen-bond donors (Lipinski definition) is 2. The molecular weight excluding hydrogens is 317 g/mol. The number of halogens is 1. The fourth-order valence-electron chi connectivity index (χ4n) is 3.31. The number of ketones is 1. The van der Waals surface area contributed by atoms with Gasteiger partial charge in [0.25, 0.3) is 0 Å². The average molecular weight is 347 g/mol. The largest absolute Gasteiger partial charge is 0.388 e. The van der Waals surface area contributed by atoms with Gasteiger partial charge in [-0.3, -0.25) is 4.79 Å². The van der Waals surface area contributed by atoms with Gasteiger partial charge in [-0.15, -0.1) is 0 Å². The number of carbonyl (C=O) groups is 1. The molecule has 2 rings (SSSR count). The Hall–Kier alpha value is -1.68. The number of hydrogen-bond acceptors (Lipinski definition) is 2. The smallest absolute Gasteiger partial charge is 0.179 e. The Bertz CT molecular complexity index is 698. The van der Waals surface area contributed by atoms with Gasteiger partial charge >= 0.3 is 0 Å². The lowest BCUT2D eigenvalue weighted by Crippen LogP contribution is -2.37. The van der Waals surface area contributed by atoms with Gasteiger partial charge in [0.15, 0.2) is 5.78 Å². The fraction of sp³-hybridized carbons (Fsp3) is 0.571. The van der Waals surface area contributed by atoms with Crippen molar-refractivity contribution in [3.05, 3.63) is 47.1 Å². The molecule has 2 unspecified atom stereocenters. The van der Waals surface area contributed by atoms with Crippen LogP contribution in [-0.2, 0) is 0 Å². The maximum absolute atomic E-state index is 13.1. The molecule has 0 bridgehead atoms. The summed E-state index contributed by atoms with van der Waals surface area (Å²) in [5.41, 5.74) is 2.15. The zero-order chi connectivity index (χ0) is 19.0. The standard InChI is InChI=1S/C21H30FNO2/c1-20(2,3)15-9-13(10-16(19(15)25)21(4,5)6)7-8-18(24)17-11-14(22)12-23-17/h9-12,15,19,23,25H,7-8H2,1-6H3. The first-order valence-corrected chi connectivity index (χ1v) is 8.87. The summed E-state index contributed by atoms with van der Waals surface area (Å²) < 4.78 is 13.1. The second-order valence-electron chi connectivity index (χ2n) is 9.08. The van der Waals surface area contributed by atoms with E-state index in [4.69, 9.17) is 0 Å². The summed E-state index contributed by atoms with van der Waals surface area (Å²) >= 11 is 0. The van der Waals surface area contributed by atoms with E-state index in [1.54, 1.807) is 0 Å². The van der Waals surface area contributed by atoms with Gasteiger partial charge in [0.1, 0.15) is 5.82 Å². The highest BCUT2D eigenvalue weighted by molar-refractivity contribution is 5.94. The van der Waals surface area contributed by atoms with E-state index in [9.17, 15) is 14.3 Å². The predicted molar refractivity (Wildman–Crippen MR) is 98.9 cm³/mol. The molecular formula is C21H30FNO2. The lowest BCUT2D eigenvalue weighted by molar-refractivity contribution is 0.0816. The molecule has 25 heavy (non-hydrogen) atoms. The molecule has 0 saturated heterocycles. The Morgan fingerprint density at radius 2 is 1.88 bits per heavy atom. The number of aromatic amines is 1. The Balaban J connectivity index is 2.21. The summed E-state index contributed by atoms with van der Waals surface area (Å²) in [5.74, 6) is -0.528. The van der Waals surface area contributed by atoms with Gasteiger partial charge < -0.3 is 10.1 Å². The van der Waals surface area contributed by atoms with Crippen LogP contribution >= 0.6 is 0 Å². The van der Waals surface area contributed by atoms with Crippen molar-refractivity contribution in [2.24, 2.45) is 16.7 Å². The van der Waals surface area contributed by atoms with Crippen LogP contribution in [0, 0.1) is 22.6 Å². The zero-order valence-corrected chi connectivity index (χ0v) is 16.1. The highest BCUT2D eigenvalue weighted by Gasteiger charge is 2.37. The van der Waals surface area contributed by atoms with Crippen molar-refractivity contribution < 1.29 is 14.3 Å². The summed E-state index contributed by atoms with van der Waals surface area (Å²) in [5, 5.41) is 10.8. The second-order valence-corrected chi connectivity index (χ2v) is 9.08. The molecule has 1 aromatic rings. The van der Waals surface area contributed by atoms with Crippen molar-refractivity contribution in [3.8, 4) is 0 Å². The van der Waals surface area contributed by atoms with E-state index in [0.29, 0.717) is 18.5 Å². The molecule has 1 aliphatic rings. The Labute approximate surface area is 150 Å². The number of rotatable bonds is 4. The van der Waals surface area contributed by atoms with Gasteiger partial charge in [-0.1, -0.05) is 59.3 Å². The van der Waals surface area contributed by atoms with Crippen LogP contribution in [0.15, 0.2) is 35.6 Å². The third-order valence-corrected chi connectivity index (χ3v) is 4.85. The predicted octanol–water partition coefficient (Wildman–Crippen LogP) is 5.05. The topological polar surface area (TPSA) is 53.1 Å². The number of H-pyrrole nitrogens is 1. The zero-order valence-electron chi connectivity index (χ0n) is 16.1. The van der Waals surface area contributed by atoms with Crippen LogP contribution in [0.5, 0.6) is 0 Å². The van der Waals surface area contributed by atoms with Crippen LogP contribution in [0.2, 0.25) is 0 Å². The van der Waals surface area contributed by atoms with Gasteiger partial charge in [-0.2, -0.15) is 0 Å². The van der Waals surface area contributed by atoms with E-state index in [1.165, 1.54) is 12.3 Å². The monoisotopic (exact) mass is 347 g/mol. The number of aliphatic hydroxyl groups is 1. The van der Waals surface area contributed by atoms with Crippen molar-refractivity contribution in [3.63, 3.8) is 0 Å². The number of aliphatic hydroxyl groups excluding tert-OH is 1. The first kappa shape index (κ1) is 19.6. The van der Waals surface area contributed by atoms with E-state index in [-0.39, 0.29) is 22.5 Å². The van der Waals surface area contributed by atoms with Crippen molar-refractivity contribution in [2.45, 2.75) is 60.5 Å². The van der Waals surface area contributed by atoms with Crippen LogP contribution in [0.3, 0.4) is 0 Å². The van der Waals surface area contributed by atoms with Gasteiger partial charge in [0, 0.05) is 24.6 Å². The summed E-state index contributed by atoms with van der Waals surface area (Å²) in [6.07, 6.45) is 5.71. The molecule has 0 radical (unpaired) electrons. The normalized spacial score (nSPS) is 21.8. The van der Waals surface area contributed by atoms with Crippen molar-refractivity contribution in [2.75, 3.05) is 0 Å². The van der Waals surface area contributed by atoms with Gasteiger partial charge in [-0.05, 0) is 22.8 Å². The van der Waals surface area contributed by atoms with Crippen LogP contribution in [0.4, 0.5) is 4.39 Å². The van der Waals surface area contributed by atoms with Crippen LogP contribution in [0.1, 0.15) is 64.9 Å². The number of nitrogens with one attached hydrogen (secondary N) is 1. The molecule has 2 atom stereocenters. The van der Waals surface area contributed by atoms with E-state index in [1.807, 2.05) is 6.08 Å². The van der Waals surface area contributed by atoms with E-state index in [0.717, 1.165) is 11.1 Å². The number of allylic oxidation sites excluding steroid dienone is 2. The van der Waals surface area contributed by atoms with Crippen molar-refractivity contribution in [1.82, 2.24) is 4.98 Å².